The number of hydrogen-bond donors (Lipinski definition) is 1. The number of furan rings is 1. The number of rotatable bonds is 8. The monoisotopic (exact) mass is 282 g/mol. The Morgan fingerprint density at radius 3 is 2.65 bits per heavy atom. The van der Waals surface area contributed by atoms with Crippen molar-refractivity contribution in [2.75, 3.05) is 20.2 Å². The van der Waals surface area contributed by atoms with Gasteiger partial charge in [0.05, 0.1) is 25.5 Å². The number of hydrogen-bond acceptors (Lipinski definition) is 4. The first-order valence-electron chi connectivity index (χ1n) is 7.38. The second-order valence-corrected chi connectivity index (χ2v) is 6.63. The predicted octanol–water partition coefficient (Wildman–Crippen LogP) is 3.02. The first-order valence-corrected chi connectivity index (χ1v) is 7.38. The lowest BCUT2D eigenvalue weighted by Gasteiger charge is -2.21. The predicted molar refractivity (Wildman–Crippen MR) is 82.7 cm³/mol. The van der Waals surface area contributed by atoms with E-state index >= 15 is 0 Å². The van der Waals surface area contributed by atoms with Gasteiger partial charge in [0.15, 0.2) is 0 Å². The molecular weight excluding hydrogens is 252 g/mol. The van der Waals surface area contributed by atoms with E-state index in [2.05, 4.69) is 57.9 Å². The van der Waals surface area contributed by atoms with E-state index in [0.717, 1.165) is 32.0 Å². The summed E-state index contributed by atoms with van der Waals surface area (Å²) in [7, 11) is 2.11. The van der Waals surface area contributed by atoms with E-state index in [1.54, 1.807) is 6.26 Å². The van der Waals surface area contributed by atoms with Gasteiger partial charge >= 0.3 is 0 Å². The fraction of sp³-hybridized carbons (Fsp3) is 0.750. The van der Waals surface area contributed by atoms with Crippen LogP contribution in [-0.4, -0.2) is 36.7 Å². The minimum atomic E-state index is 0.0983. The third-order valence-electron chi connectivity index (χ3n) is 2.98. The average Bonchev–Trinajstić information content (AvgIpc) is 2.72. The van der Waals surface area contributed by atoms with Crippen LogP contribution in [-0.2, 0) is 17.8 Å². The van der Waals surface area contributed by atoms with Crippen molar-refractivity contribution in [2.45, 2.75) is 59.4 Å². The summed E-state index contributed by atoms with van der Waals surface area (Å²) in [6.45, 7) is 13.9. The molecule has 116 valence electrons. The normalized spacial score (nSPS) is 12.6. The first kappa shape index (κ1) is 17.2. The Bertz CT molecular complexity index is 380. The molecule has 0 aromatic carbocycles. The van der Waals surface area contributed by atoms with Crippen LogP contribution < -0.4 is 5.32 Å². The molecule has 0 atom stereocenters. The van der Waals surface area contributed by atoms with Gasteiger partial charge in [-0.15, -0.1) is 0 Å². The molecule has 0 aliphatic carbocycles. The van der Waals surface area contributed by atoms with Gasteiger partial charge in [-0.3, -0.25) is 4.90 Å². The summed E-state index contributed by atoms with van der Waals surface area (Å²) in [6.07, 6.45) is 2.07. The third kappa shape index (κ3) is 7.08. The molecule has 20 heavy (non-hydrogen) atoms. The fourth-order valence-electron chi connectivity index (χ4n) is 1.82. The zero-order valence-corrected chi connectivity index (χ0v) is 13.8. The standard InChI is InChI=1S/C16H30N2O2/c1-13(2)19-10-8-18(6)12-14-7-9-20-15(14)11-17-16(3,4)5/h7,9,13,17H,8,10-12H2,1-6H3. The highest BCUT2D eigenvalue weighted by atomic mass is 16.5. The second kappa shape index (κ2) is 7.81. The van der Waals surface area contributed by atoms with E-state index < -0.39 is 0 Å². The molecule has 4 nitrogen and oxygen atoms in total. The number of likely N-dealkylation sites (N-methyl/N-ethyl adjacent to an activating group) is 1. The first-order chi connectivity index (χ1) is 9.28. The zero-order chi connectivity index (χ0) is 15.2. The quantitative estimate of drug-likeness (QED) is 0.795. The van der Waals surface area contributed by atoms with Gasteiger partial charge in [0.1, 0.15) is 5.76 Å². The fourth-order valence-corrected chi connectivity index (χ4v) is 1.82. The largest absolute Gasteiger partial charge is 0.468 e. The van der Waals surface area contributed by atoms with Crippen molar-refractivity contribution in [2.24, 2.45) is 0 Å². The molecule has 1 heterocycles. The Labute approximate surface area is 123 Å². The van der Waals surface area contributed by atoms with Crippen LogP contribution in [0.3, 0.4) is 0 Å². The SMILES string of the molecule is CC(C)OCCN(C)Cc1ccoc1CNC(C)(C)C. The summed E-state index contributed by atoms with van der Waals surface area (Å²) in [4.78, 5) is 2.26. The molecule has 0 saturated carbocycles. The molecule has 0 bridgehead atoms. The van der Waals surface area contributed by atoms with E-state index in [1.165, 1.54) is 5.56 Å². The minimum Gasteiger partial charge on any atom is -0.468 e. The van der Waals surface area contributed by atoms with Crippen molar-refractivity contribution >= 4 is 0 Å². The maximum atomic E-state index is 5.58. The number of ether oxygens (including phenoxy) is 1. The van der Waals surface area contributed by atoms with E-state index in [9.17, 15) is 0 Å². The summed E-state index contributed by atoms with van der Waals surface area (Å²) in [5.74, 6) is 1.02. The van der Waals surface area contributed by atoms with E-state index in [1.807, 2.05) is 0 Å². The Morgan fingerprint density at radius 1 is 1.35 bits per heavy atom. The maximum absolute atomic E-state index is 5.58. The zero-order valence-electron chi connectivity index (χ0n) is 13.8. The lowest BCUT2D eigenvalue weighted by atomic mass is 10.1. The summed E-state index contributed by atoms with van der Waals surface area (Å²) in [5.41, 5.74) is 1.34. The molecule has 0 aliphatic heterocycles. The van der Waals surface area contributed by atoms with Crippen molar-refractivity contribution in [1.82, 2.24) is 10.2 Å². The average molecular weight is 282 g/mol. The Balaban J connectivity index is 2.41. The van der Waals surface area contributed by atoms with Gasteiger partial charge in [-0.1, -0.05) is 0 Å². The van der Waals surface area contributed by atoms with E-state index in [4.69, 9.17) is 9.15 Å². The second-order valence-electron chi connectivity index (χ2n) is 6.63. The molecule has 0 aliphatic rings. The summed E-state index contributed by atoms with van der Waals surface area (Å²) < 4.78 is 11.2. The van der Waals surface area contributed by atoms with Gasteiger partial charge in [-0.2, -0.15) is 0 Å². The van der Waals surface area contributed by atoms with Crippen molar-refractivity contribution < 1.29 is 9.15 Å². The van der Waals surface area contributed by atoms with Crippen LogP contribution in [0.15, 0.2) is 16.7 Å². The van der Waals surface area contributed by atoms with Crippen molar-refractivity contribution in [3.63, 3.8) is 0 Å². The number of nitrogens with zero attached hydrogens (tertiary/aromatic N) is 1. The van der Waals surface area contributed by atoms with Crippen molar-refractivity contribution in [3.8, 4) is 0 Å². The topological polar surface area (TPSA) is 37.6 Å². The van der Waals surface area contributed by atoms with Crippen molar-refractivity contribution in [3.05, 3.63) is 23.7 Å². The number of nitrogens with one attached hydrogen (secondary N) is 1. The lowest BCUT2D eigenvalue weighted by Crippen LogP contribution is -2.35. The molecule has 1 rings (SSSR count). The highest BCUT2D eigenvalue weighted by Crippen LogP contribution is 2.14. The Kier molecular flexibility index (Phi) is 6.72. The van der Waals surface area contributed by atoms with Gasteiger partial charge in [0.25, 0.3) is 0 Å². The molecular formula is C16H30N2O2. The van der Waals surface area contributed by atoms with Gasteiger partial charge in [0, 0.05) is 24.2 Å². The molecule has 0 radical (unpaired) electrons. The van der Waals surface area contributed by atoms with Crippen LogP contribution >= 0.6 is 0 Å². The molecule has 0 unspecified atom stereocenters. The highest BCUT2D eigenvalue weighted by Gasteiger charge is 2.13. The molecule has 0 amide bonds. The third-order valence-corrected chi connectivity index (χ3v) is 2.98. The smallest absolute Gasteiger partial charge is 0.122 e. The van der Waals surface area contributed by atoms with Crippen LogP contribution in [0.2, 0.25) is 0 Å². The van der Waals surface area contributed by atoms with Gasteiger partial charge < -0.3 is 14.5 Å². The molecule has 1 aromatic heterocycles. The van der Waals surface area contributed by atoms with E-state index in [-0.39, 0.29) is 5.54 Å². The summed E-state index contributed by atoms with van der Waals surface area (Å²) in [6, 6.07) is 2.06. The Morgan fingerprint density at radius 2 is 2.05 bits per heavy atom. The molecule has 4 heteroatoms. The lowest BCUT2D eigenvalue weighted by molar-refractivity contribution is 0.0626. The van der Waals surface area contributed by atoms with Gasteiger partial charge in [-0.25, -0.2) is 0 Å². The molecule has 1 aromatic rings. The van der Waals surface area contributed by atoms with Crippen molar-refractivity contribution in [1.29, 1.82) is 0 Å². The summed E-state index contributed by atoms with van der Waals surface area (Å²) in [5, 5.41) is 3.46. The summed E-state index contributed by atoms with van der Waals surface area (Å²) >= 11 is 0. The van der Waals surface area contributed by atoms with Crippen LogP contribution in [0.25, 0.3) is 0 Å². The van der Waals surface area contributed by atoms with Gasteiger partial charge in [-0.05, 0) is 47.7 Å². The van der Waals surface area contributed by atoms with Crippen LogP contribution in [0.5, 0.6) is 0 Å². The maximum Gasteiger partial charge on any atom is 0.122 e. The van der Waals surface area contributed by atoms with Gasteiger partial charge in [0.2, 0.25) is 0 Å². The molecule has 0 fully saturated rings. The minimum absolute atomic E-state index is 0.0983. The van der Waals surface area contributed by atoms with Crippen LogP contribution in [0.1, 0.15) is 45.9 Å². The molecule has 0 spiro atoms. The van der Waals surface area contributed by atoms with Crippen LogP contribution in [0, 0.1) is 0 Å². The highest BCUT2D eigenvalue weighted by molar-refractivity contribution is 5.17. The van der Waals surface area contributed by atoms with E-state index in [0.29, 0.717) is 6.10 Å². The molecule has 1 N–H and O–H groups in total. The Hall–Kier alpha value is -0.840. The molecule has 0 saturated heterocycles. The van der Waals surface area contributed by atoms with Crippen LogP contribution in [0.4, 0.5) is 0 Å².